The highest BCUT2D eigenvalue weighted by Gasteiger charge is 2.19. The summed E-state index contributed by atoms with van der Waals surface area (Å²) in [6.45, 7) is 2.31. The molecule has 0 radical (unpaired) electrons. The van der Waals surface area contributed by atoms with Crippen LogP contribution in [0.15, 0.2) is 53.4 Å². The van der Waals surface area contributed by atoms with Crippen LogP contribution < -0.4 is 0 Å². The topological polar surface area (TPSA) is 0 Å². The monoisotopic (exact) mass is 226 g/mol. The molecule has 1 aliphatic rings. The number of thioether (sulfide) groups is 1. The Balaban J connectivity index is 2.18. The molecule has 0 aliphatic carbocycles. The molecule has 1 heterocycles. The van der Waals surface area contributed by atoms with Crippen LogP contribution in [-0.4, -0.2) is 0 Å². The molecule has 0 nitrogen and oxygen atoms in total. The highest BCUT2D eigenvalue weighted by Crippen LogP contribution is 2.39. The fourth-order valence-electron chi connectivity index (χ4n) is 2.38. The summed E-state index contributed by atoms with van der Waals surface area (Å²) in [4.78, 5) is 1.44. The van der Waals surface area contributed by atoms with Crippen molar-refractivity contribution in [1.82, 2.24) is 0 Å². The minimum atomic E-state index is 0.516. The molecule has 0 fully saturated rings. The van der Waals surface area contributed by atoms with E-state index in [1.807, 2.05) is 11.8 Å². The lowest BCUT2D eigenvalue weighted by Crippen LogP contribution is -1.98. The number of hydrogen-bond donors (Lipinski definition) is 0. The summed E-state index contributed by atoms with van der Waals surface area (Å²) in [6, 6.07) is 17.6. The van der Waals surface area contributed by atoms with Gasteiger partial charge in [-0.15, -0.1) is 11.8 Å². The molecule has 0 aromatic heterocycles. The Kier molecular flexibility index (Phi) is 2.49. The van der Waals surface area contributed by atoms with E-state index in [-0.39, 0.29) is 0 Å². The van der Waals surface area contributed by atoms with Crippen molar-refractivity contribution in [2.24, 2.45) is 0 Å². The Morgan fingerprint density at radius 1 is 0.938 bits per heavy atom. The van der Waals surface area contributed by atoms with Crippen molar-refractivity contribution in [3.63, 3.8) is 0 Å². The van der Waals surface area contributed by atoms with Crippen LogP contribution in [0.5, 0.6) is 0 Å². The Hall–Kier alpha value is -1.21. The van der Waals surface area contributed by atoms with Gasteiger partial charge in [0.2, 0.25) is 0 Å². The van der Waals surface area contributed by atoms with E-state index in [0.29, 0.717) is 5.92 Å². The number of benzene rings is 2. The van der Waals surface area contributed by atoms with Gasteiger partial charge in [-0.1, -0.05) is 49.4 Å². The van der Waals surface area contributed by atoms with E-state index in [2.05, 4.69) is 55.5 Å². The van der Waals surface area contributed by atoms with Crippen molar-refractivity contribution < 1.29 is 0 Å². The minimum absolute atomic E-state index is 0.516. The molecular formula is C15H14S. The molecule has 2 aromatic carbocycles. The number of hydrogen-bond acceptors (Lipinski definition) is 1. The van der Waals surface area contributed by atoms with Gasteiger partial charge in [-0.3, -0.25) is 0 Å². The first-order valence-electron chi connectivity index (χ1n) is 5.66. The summed E-state index contributed by atoms with van der Waals surface area (Å²) < 4.78 is 0. The second-order valence-electron chi connectivity index (χ2n) is 4.25. The molecule has 1 heteroatoms. The van der Waals surface area contributed by atoms with Crippen LogP contribution in [0.25, 0.3) is 0 Å². The van der Waals surface area contributed by atoms with Crippen molar-refractivity contribution in [3.8, 4) is 0 Å². The maximum atomic E-state index is 2.31. The first kappa shape index (κ1) is 9.98. The second kappa shape index (κ2) is 3.99. The second-order valence-corrected chi connectivity index (χ2v) is 5.26. The van der Waals surface area contributed by atoms with Crippen LogP contribution in [0, 0.1) is 0 Å². The van der Waals surface area contributed by atoms with Crippen molar-refractivity contribution in [2.45, 2.75) is 23.5 Å². The molecular weight excluding hydrogens is 212 g/mol. The maximum absolute atomic E-state index is 2.31. The van der Waals surface area contributed by atoms with Crippen molar-refractivity contribution >= 4 is 11.8 Å². The Morgan fingerprint density at radius 2 is 1.62 bits per heavy atom. The lowest BCUT2D eigenvalue weighted by molar-refractivity contribution is 0.890. The Bertz CT molecular complexity index is 469. The van der Waals surface area contributed by atoms with Crippen LogP contribution in [0.2, 0.25) is 0 Å². The summed E-state index contributed by atoms with van der Waals surface area (Å²) in [6.07, 6.45) is 0. The molecule has 0 spiro atoms. The molecule has 2 aromatic rings. The van der Waals surface area contributed by atoms with Gasteiger partial charge in [0.25, 0.3) is 0 Å². The van der Waals surface area contributed by atoms with Crippen LogP contribution in [0.4, 0.5) is 0 Å². The van der Waals surface area contributed by atoms with E-state index in [0.717, 1.165) is 5.75 Å². The molecule has 0 N–H and O–H groups in total. The van der Waals surface area contributed by atoms with Gasteiger partial charge in [0.05, 0.1) is 0 Å². The van der Waals surface area contributed by atoms with Crippen LogP contribution in [0.1, 0.15) is 29.5 Å². The van der Waals surface area contributed by atoms with Crippen LogP contribution in [0.3, 0.4) is 0 Å². The fraction of sp³-hybridized carbons (Fsp3) is 0.200. The standard InChI is InChI=1S/C15H14S/c1-11-13-7-3-2-6-12(13)10-16-15-9-5-4-8-14(11)15/h2-9,11H,10H2,1H3/t11-/m0/s1. The van der Waals surface area contributed by atoms with Crippen LogP contribution >= 0.6 is 11.8 Å². The zero-order valence-electron chi connectivity index (χ0n) is 9.31. The molecule has 1 atom stereocenters. The zero-order valence-corrected chi connectivity index (χ0v) is 10.1. The Morgan fingerprint density at radius 3 is 2.50 bits per heavy atom. The smallest absolute Gasteiger partial charge is 0.0235 e. The van der Waals surface area contributed by atoms with Crippen molar-refractivity contribution in [3.05, 3.63) is 65.2 Å². The zero-order chi connectivity index (χ0) is 11.0. The molecule has 0 saturated heterocycles. The van der Waals surface area contributed by atoms with E-state index < -0.39 is 0 Å². The van der Waals surface area contributed by atoms with Crippen LogP contribution in [-0.2, 0) is 5.75 Å². The van der Waals surface area contributed by atoms with Gasteiger partial charge in [-0.2, -0.15) is 0 Å². The highest BCUT2D eigenvalue weighted by molar-refractivity contribution is 7.98. The largest absolute Gasteiger partial charge is 0.121 e. The third-order valence-corrected chi connectivity index (χ3v) is 4.43. The lowest BCUT2D eigenvalue weighted by Gasteiger charge is -2.14. The molecule has 0 saturated carbocycles. The third-order valence-electron chi connectivity index (χ3n) is 3.29. The van der Waals surface area contributed by atoms with E-state index in [9.17, 15) is 0 Å². The SMILES string of the molecule is C[C@H]1c2ccccc2CSc2ccccc21. The number of fused-ring (bicyclic) bond motifs is 2. The molecule has 0 unspecified atom stereocenters. The van der Waals surface area contributed by atoms with Gasteiger partial charge in [0, 0.05) is 16.6 Å². The number of rotatable bonds is 0. The van der Waals surface area contributed by atoms with Gasteiger partial charge in [-0.25, -0.2) is 0 Å². The summed E-state index contributed by atoms with van der Waals surface area (Å²) in [5.41, 5.74) is 4.44. The summed E-state index contributed by atoms with van der Waals surface area (Å²) >= 11 is 1.96. The Labute approximate surface area is 101 Å². The summed E-state index contributed by atoms with van der Waals surface area (Å²) in [7, 11) is 0. The predicted molar refractivity (Wildman–Crippen MR) is 70.0 cm³/mol. The van der Waals surface area contributed by atoms with Crippen molar-refractivity contribution in [1.29, 1.82) is 0 Å². The molecule has 1 aliphatic heterocycles. The van der Waals surface area contributed by atoms with E-state index >= 15 is 0 Å². The summed E-state index contributed by atoms with van der Waals surface area (Å²) in [5.74, 6) is 1.61. The highest BCUT2D eigenvalue weighted by atomic mass is 32.2. The first-order chi connectivity index (χ1) is 7.86. The molecule has 3 rings (SSSR count). The first-order valence-corrected chi connectivity index (χ1v) is 6.64. The van der Waals surface area contributed by atoms with Gasteiger partial charge in [0.15, 0.2) is 0 Å². The van der Waals surface area contributed by atoms with Gasteiger partial charge >= 0.3 is 0 Å². The lowest BCUT2D eigenvalue weighted by atomic mass is 9.90. The maximum Gasteiger partial charge on any atom is 0.0235 e. The van der Waals surface area contributed by atoms with Gasteiger partial charge in [-0.05, 0) is 22.8 Å². The van der Waals surface area contributed by atoms with E-state index in [4.69, 9.17) is 0 Å². The minimum Gasteiger partial charge on any atom is -0.121 e. The fourth-order valence-corrected chi connectivity index (χ4v) is 3.54. The molecule has 16 heavy (non-hydrogen) atoms. The molecule has 0 bridgehead atoms. The summed E-state index contributed by atoms with van der Waals surface area (Å²) in [5, 5.41) is 0. The van der Waals surface area contributed by atoms with Gasteiger partial charge < -0.3 is 0 Å². The molecule has 0 amide bonds. The average molecular weight is 226 g/mol. The average Bonchev–Trinajstić information content (AvgIpc) is 2.49. The van der Waals surface area contributed by atoms with Crippen molar-refractivity contribution in [2.75, 3.05) is 0 Å². The predicted octanol–water partition coefficient (Wildman–Crippen LogP) is 4.44. The normalized spacial score (nSPS) is 18.4. The molecule has 80 valence electrons. The van der Waals surface area contributed by atoms with Gasteiger partial charge in [0.1, 0.15) is 0 Å². The van der Waals surface area contributed by atoms with E-state index in [1.54, 1.807) is 0 Å². The van der Waals surface area contributed by atoms with E-state index in [1.165, 1.54) is 21.6 Å². The quantitative estimate of drug-likeness (QED) is 0.639. The third kappa shape index (κ3) is 1.56.